The Bertz CT molecular complexity index is 2470. The summed E-state index contributed by atoms with van der Waals surface area (Å²) in [5, 5.41) is 22.8. The molecule has 53 heavy (non-hydrogen) atoms. The first kappa shape index (κ1) is 36.0. The van der Waals surface area contributed by atoms with E-state index in [1.54, 1.807) is 43.3 Å². The highest BCUT2D eigenvalue weighted by Crippen LogP contribution is 2.40. The number of aromatic nitrogens is 1. The lowest BCUT2D eigenvalue weighted by molar-refractivity contribution is -0.394. The Morgan fingerprint density at radius 3 is 2.19 bits per heavy atom. The number of hydrogen-bond donors (Lipinski definition) is 0. The minimum atomic E-state index is -0.967. The van der Waals surface area contributed by atoms with Gasteiger partial charge in [0.25, 0.3) is 11.2 Å². The Balaban J connectivity index is 1.50. The van der Waals surface area contributed by atoms with Gasteiger partial charge in [0.1, 0.15) is 0 Å². The maximum Gasteiger partial charge on any atom is 0.338 e. The van der Waals surface area contributed by atoms with E-state index in [1.807, 2.05) is 30.3 Å². The Morgan fingerprint density at radius 2 is 1.53 bits per heavy atom. The minimum absolute atomic E-state index is 0.0862. The molecule has 4 aromatic carbocycles. The number of carbonyl (C=O) groups excluding carboxylic acids is 1. The SMILES string of the molecule is CCOC(=O)C1=C(c2ccccc2)N=c2s/c(=C\c3ccc(Oc4ccc([N+](=O)[O-])cc4[N+](=O)[O-])c(OC)c3)c(=O)n2[C@H]1c1ccc(OC)c(OC)c1. The van der Waals surface area contributed by atoms with E-state index in [2.05, 4.69) is 0 Å². The molecule has 5 aromatic rings. The van der Waals surface area contributed by atoms with Crippen LogP contribution in [-0.2, 0) is 9.53 Å². The van der Waals surface area contributed by atoms with Crippen LogP contribution in [0.4, 0.5) is 11.4 Å². The van der Waals surface area contributed by atoms with Crippen LogP contribution < -0.4 is 33.8 Å². The monoisotopic (exact) mass is 738 g/mol. The fourth-order valence-corrected chi connectivity index (χ4v) is 6.76. The third kappa shape index (κ3) is 7.07. The second-order valence-corrected chi connectivity index (χ2v) is 12.2. The number of nitro groups is 2. The number of nitro benzene ring substituents is 2. The van der Waals surface area contributed by atoms with Crippen LogP contribution in [0.25, 0.3) is 11.8 Å². The maximum absolute atomic E-state index is 14.4. The second-order valence-electron chi connectivity index (χ2n) is 11.2. The summed E-state index contributed by atoms with van der Waals surface area (Å²) in [6.45, 7) is 1.78. The second kappa shape index (κ2) is 15.2. The van der Waals surface area contributed by atoms with Crippen molar-refractivity contribution in [3.63, 3.8) is 0 Å². The largest absolute Gasteiger partial charge is 0.493 e. The summed E-state index contributed by atoms with van der Waals surface area (Å²) >= 11 is 1.11. The van der Waals surface area contributed by atoms with Crippen molar-refractivity contribution in [3.8, 4) is 28.7 Å². The number of hydrogen-bond acceptors (Lipinski definition) is 13. The number of nitrogens with zero attached hydrogens (tertiary/aromatic N) is 4. The molecule has 0 saturated carbocycles. The number of methoxy groups -OCH3 is 3. The van der Waals surface area contributed by atoms with Gasteiger partial charge in [0, 0.05) is 11.6 Å². The molecule has 270 valence electrons. The fourth-order valence-electron chi connectivity index (χ4n) is 5.76. The fraction of sp³-hybridized carbons (Fsp3) is 0.162. The summed E-state index contributed by atoms with van der Waals surface area (Å²) in [5.41, 5.74) is 0.695. The third-order valence-corrected chi connectivity index (χ3v) is 9.14. The van der Waals surface area contributed by atoms with Crippen molar-refractivity contribution in [3.05, 3.63) is 147 Å². The normalized spacial score (nSPS) is 13.8. The molecule has 0 bridgehead atoms. The summed E-state index contributed by atoms with van der Waals surface area (Å²) in [7, 11) is 4.36. The number of non-ortho nitro benzene ring substituents is 1. The molecule has 2 heterocycles. The average Bonchev–Trinajstić information content (AvgIpc) is 3.48. The molecule has 1 atom stereocenters. The summed E-state index contributed by atoms with van der Waals surface area (Å²) in [6, 6.07) is 21.0. The van der Waals surface area contributed by atoms with Crippen molar-refractivity contribution in [1.82, 2.24) is 4.57 Å². The van der Waals surface area contributed by atoms with E-state index in [0.717, 1.165) is 29.5 Å². The number of thiazole rings is 1. The van der Waals surface area contributed by atoms with Crippen molar-refractivity contribution in [2.45, 2.75) is 13.0 Å². The van der Waals surface area contributed by atoms with Crippen LogP contribution in [0.15, 0.2) is 100 Å². The highest BCUT2D eigenvalue weighted by atomic mass is 32.1. The van der Waals surface area contributed by atoms with Crippen LogP contribution in [0.2, 0.25) is 0 Å². The first-order chi connectivity index (χ1) is 25.6. The number of esters is 1. The molecule has 1 aliphatic heterocycles. The van der Waals surface area contributed by atoms with Crippen LogP contribution in [0.1, 0.15) is 29.7 Å². The number of carbonyl (C=O) groups is 1. The summed E-state index contributed by atoms with van der Waals surface area (Å²) < 4.78 is 29.6. The highest BCUT2D eigenvalue weighted by Gasteiger charge is 2.35. The summed E-state index contributed by atoms with van der Waals surface area (Å²) in [6.07, 6.45) is 1.62. The first-order valence-corrected chi connectivity index (χ1v) is 16.7. The van der Waals surface area contributed by atoms with E-state index in [-0.39, 0.29) is 34.0 Å². The molecular weight excluding hydrogens is 708 g/mol. The van der Waals surface area contributed by atoms with Gasteiger partial charge in [0.15, 0.2) is 27.8 Å². The molecule has 0 aliphatic carbocycles. The third-order valence-electron chi connectivity index (χ3n) is 8.15. The van der Waals surface area contributed by atoms with Gasteiger partial charge in [0.2, 0.25) is 5.75 Å². The summed E-state index contributed by atoms with van der Waals surface area (Å²) in [5.74, 6) is 0.223. The highest BCUT2D eigenvalue weighted by molar-refractivity contribution is 7.07. The number of ether oxygens (including phenoxy) is 5. The van der Waals surface area contributed by atoms with E-state index in [0.29, 0.717) is 38.7 Å². The van der Waals surface area contributed by atoms with Crippen LogP contribution >= 0.6 is 11.3 Å². The van der Waals surface area contributed by atoms with E-state index in [4.69, 9.17) is 28.7 Å². The molecule has 15 nitrogen and oxygen atoms in total. The van der Waals surface area contributed by atoms with Crippen molar-refractivity contribution in [1.29, 1.82) is 0 Å². The van der Waals surface area contributed by atoms with Crippen LogP contribution in [0.5, 0.6) is 28.7 Å². The van der Waals surface area contributed by atoms with Crippen LogP contribution in [0, 0.1) is 20.2 Å². The topological polar surface area (TPSA) is 184 Å². The van der Waals surface area contributed by atoms with Gasteiger partial charge in [-0.25, -0.2) is 9.79 Å². The molecule has 0 spiro atoms. The van der Waals surface area contributed by atoms with Gasteiger partial charge >= 0.3 is 11.7 Å². The van der Waals surface area contributed by atoms with Crippen molar-refractivity contribution < 1.29 is 38.3 Å². The lowest BCUT2D eigenvalue weighted by atomic mass is 9.93. The molecule has 1 aromatic heterocycles. The van der Waals surface area contributed by atoms with Gasteiger partial charge in [0.05, 0.1) is 65.7 Å². The van der Waals surface area contributed by atoms with E-state index >= 15 is 0 Å². The molecule has 0 unspecified atom stereocenters. The van der Waals surface area contributed by atoms with Gasteiger partial charge in [-0.2, -0.15) is 0 Å². The lowest BCUT2D eigenvalue weighted by Gasteiger charge is -2.26. The predicted molar refractivity (Wildman–Crippen MR) is 193 cm³/mol. The molecule has 16 heteroatoms. The minimum Gasteiger partial charge on any atom is -0.493 e. The Hall–Kier alpha value is -6.81. The van der Waals surface area contributed by atoms with Crippen LogP contribution in [-0.4, -0.2) is 48.3 Å². The standard InChI is InChI=1S/C37H30N4O11S/c1-5-51-36(43)32-33(22-9-7-6-8-10-22)38-37-39(34(32)23-12-15-27(48-2)30(19-23)50-4)35(42)31(53-37)18-21-11-14-28(29(17-21)49-3)52-26-16-13-24(40(44)45)20-25(26)41(46)47/h6-20,34H,5H2,1-4H3/b31-18-/t34-/m0/s1. The first-order valence-electron chi connectivity index (χ1n) is 15.9. The van der Waals surface area contributed by atoms with Crippen molar-refractivity contribution >= 4 is 40.5 Å². The number of fused-ring (bicyclic) bond motifs is 1. The predicted octanol–water partition coefficient (Wildman–Crippen LogP) is 5.57. The molecule has 0 saturated heterocycles. The smallest absolute Gasteiger partial charge is 0.338 e. The van der Waals surface area contributed by atoms with E-state index in [1.165, 1.54) is 32.0 Å². The molecule has 0 radical (unpaired) electrons. The van der Waals surface area contributed by atoms with Crippen molar-refractivity contribution in [2.24, 2.45) is 4.99 Å². The molecule has 0 N–H and O–H groups in total. The van der Waals surface area contributed by atoms with E-state index < -0.39 is 38.8 Å². The van der Waals surface area contributed by atoms with E-state index in [9.17, 15) is 29.8 Å². The van der Waals surface area contributed by atoms with Gasteiger partial charge in [-0.05, 0) is 54.5 Å². The van der Waals surface area contributed by atoms with Crippen LogP contribution in [0.3, 0.4) is 0 Å². The molecular formula is C37H30N4O11S. The quantitative estimate of drug-likeness (QED) is 0.0886. The number of benzene rings is 4. The summed E-state index contributed by atoms with van der Waals surface area (Å²) in [4.78, 5) is 54.7. The molecule has 1 aliphatic rings. The van der Waals surface area contributed by atoms with Gasteiger partial charge in [-0.3, -0.25) is 29.6 Å². The number of rotatable bonds is 12. The lowest BCUT2D eigenvalue weighted by Crippen LogP contribution is -2.40. The molecule has 0 fully saturated rings. The zero-order chi connectivity index (χ0) is 37.8. The molecule has 0 amide bonds. The average molecular weight is 739 g/mol. The van der Waals surface area contributed by atoms with Gasteiger partial charge < -0.3 is 23.7 Å². The Labute approximate surface area is 304 Å². The Morgan fingerprint density at radius 1 is 0.849 bits per heavy atom. The van der Waals surface area contributed by atoms with Gasteiger partial charge in [-0.1, -0.05) is 53.8 Å². The molecule has 6 rings (SSSR count). The maximum atomic E-state index is 14.4. The zero-order valence-electron chi connectivity index (χ0n) is 28.6. The zero-order valence-corrected chi connectivity index (χ0v) is 29.4. The van der Waals surface area contributed by atoms with Crippen molar-refractivity contribution in [2.75, 3.05) is 27.9 Å². The Kier molecular flexibility index (Phi) is 10.3. The van der Waals surface area contributed by atoms with Gasteiger partial charge in [-0.15, -0.1) is 0 Å².